The maximum Gasteiger partial charge on any atom is 0.334 e. The van der Waals surface area contributed by atoms with Gasteiger partial charge in [0.1, 0.15) is 5.52 Å². The summed E-state index contributed by atoms with van der Waals surface area (Å²) in [6, 6.07) is 0. The number of aromatic nitrogens is 4. The van der Waals surface area contributed by atoms with Gasteiger partial charge in [-0.05, 0) is 0 Å². The van der Waals surface area contributed by atoms with Gasteiger partial charge >= 0.3 is 5.69 Å². The Labute approximate surface area is 82.9 Å². The number of aryl methyl sites for hydroxylation is 1. The maximum absolute atomic E-state index is 11.7. The molecule has 0 aliphatic rings. The Bertz CT molecular complexity index is 607. The van der Waals surface area contributed by atoms with Crippen molar-refractivity contribution in [1.82, 2.24) is 19.1 Å². The minimum absolute atomic E-state index is 0.245. The second-order valence-corrected chi connectivity index (χ2v) is 2.97. The molecule has 8 heteroatoms. The zero-order valence-corrected chi connectivity index (χ0v) is 7.93. The minimum Gasteiger partial charge on any atom is -0.339 e. The Morgan fingerprint density at radius 3 is 3.00 bits per heavy atom. The van der Waals surface area contributed by atoms with Gasteiger partial charge in [-0.25, -0.2) is 20.2 Å². The summed E-state index contributed by atoms with van der Waals surface area (Å²) in [7, 11) is 1.51. The summed E-state index contributed by atoms with van der Waals surface area (Å²) >= 11 is 0. The lowest BCUT2D eigenvalue weighted by Crippen LogP contribution is -2.40. The molecule has 0 spiro atoms. The molecule has 15 heavy (non-hydrogen) atoms. The molecule has 2 aromatic rings. The Morgan fingerprint density at radius 1 is 1.60 bits per heavy atom. The van der Waals surface area contributed by atoms with Crippen LogP contribution in [0.2, 0.25) is 0 Å². The van der Waals surface area contributed by atoms with Crippen LogP contribution >= 0.6 is 0 Å². The predicted octanol–water partition coefficient (Wildman–Crippen LogP) is -1.73. The number of nitrogens with one attached hydrogen (secondary N) is 1. The standard InChI is InChI=1S/C7H9N5O3/c1-11-5-4(9-2-10-5)6(13)12(3-15-8)7(11)14/h2H,3,8H2,1H3,(H,9,10). The van der Waals surface area contributed by atoms with E-state index in [-0.39, 0.29) is 12.2 Å². The van der Waals surface area contributed by atoms with E-state index in [1.54, 1.807) is 0 Å². The number of H-pyrrole nitrogens is 1. The number of hydrogen-bond donors (Lipinski definition) is 2. The molecule has 0 aliphatic heterocycles. The van der Waals surface area contributed by atoms with E-state index in [0.717, 1.165) is 4.57 Å². The molecule has 8 nitrogen and oxygen atoms in total. The largest absolute Gasteiger partial charge is 0.339 e. The monoisotopic (exact) mass is 211 g/mol. The van der Waals surface area contributed by atoms with Gasteiger partial charge in [0.15, 0.2) is 12.4 Å². The van der Waals surface area contributed by atoms with Gasteiger partial charge in [-0.1, -0.05) is 0 Å². The summed E-state index contributed by atoms with van der Waals surface area (Å²) in [6.45, 7) is -0.291. The van der Waals surface area contributed by atoms with Crippen LogP contribution in [0.25, 0.3) is 11.2 Å². The van der Waals surface area contributed by atoms with Crippen molar-refractivity contribution in [2.45, 2.75) is 6.73 Å². The van der Waals surface area contributed by atoms with Crippen LogP contribution in [0.15, 0.2) is 15.9 Å². The molecular weight excluding hydrogens is 202 g/mol. The van der Waals surface area contributed by atoms with E-state index in [4.69, 9.17) is 5.90 Å². The number of aromatic amines is 1. The Hall–Kier alpha value is -1.93. The number of rotatable bonds is 2. The highest BCUT2D eigenvalue weighted by Crippen LogP contribution is 1.98. The third kappa shape index (κ3) is 1.27. The second kappa shape index (κ2) is 3.33. The average molecular weight is 211 g/mol. The molecule has 0 fully saturated rings. The fourth-order valence-corrected chi connectivity index (χ4v) is 1.38. The van der Waals surface area contributed by atoms with Crippen LogP contribution in [0.5, 0.6) is 0 Å². The summed E-state index contributed by atoms with van der Waals surface area (Å²) in [4.78, 5) is 34.1. The molecule has 2 rings (SSSR count). The lowest BCUT2D eigenvalue weighted by atomic mass is 10.5. The number of fused-ring (bicyclic) bond motifs is 1. The highest BCUT2D eigenvalue weighted by molar-refractivity contribution is 5.68. The molecular formula is C7H9N5O3. The van der Waals surface area contributed by atoms with Gasteiger partial charge in [-0.2, -0.15) is 0 Å². The van der Waals surface area contributed by atoms with Crippen molar-refractivity contribution < 1.29 is 4.84 Å². The van der Waals surface area contributed by atoms with Crippen LogP contribution in [-0.4, -0.2) is 19.1 Å². The maximum atomic E-state index is 11.7. The van der Waals surface area contributed by atoms with Gasteiger partial charge in [0, 0.05) is 7.05 Å². The smallest absolute Gasteiger partial charge is 0.334 e. The fourth-order valence-electron chi connectivity index (χ4n) is 1.38. The average Bonchev–Trinajstić information content (AvgIpc) is 2.70. The number of nitrogens with two attached hydrogens (primary N) is 1. The van der Waals surface area contributed by atoms with Crippen molar-refractivity contribution in [3.63, 3.8) is 0 Å². The lowest BCUT2D eigenvalue weighted by molar-refractivity contribution is 0.0722. The molecule has 0 bridgehead atoms. The lowest BCUT2D eigenvalue weighted by Gasteiger charge is -2.05. The molecule has 0 atom stereocenters. The number of imidazole rings is 1. The van der Waals surface area contributed by atoms with Crippen molar-refractivity contribution in [1.29, 1.82) is 0 Å². The van der Waals surface area contributed by atoms with Crippen molar-refractivity contribution in [2.24, 2.45) is 12.9 Å². The van der Waals surface area contributed by atoms with Crippen LogP contribution in [0.3, 0.4) is 0 Å². The van der Waals surface area contributed by atoms with E-state index < -0.39 is 11.2 Å². The molecule has 0 aliphatic carbocycles. The first kappa shape index (κ1) is 9.62. The zero-order chi connectivity index (χ0) is 11.0. The minimum atomic E-state index is -0.523. The van der Waals surface area contributed by atoms with Crippen molar-refractivity contribution in [2.75, 3.05) is 0 Å². The third-order valence-corrected chi connectivity index (χ3v) is 2.12. The van der Waals surface area contributed by atoms with Crippen LogP contribution in [-0.2, 0) is 18.6 Å². The van der Waals surface area contributed by atoms with Crippen LogP contribution < -0.4 is 17.1 Å². The van der Waals surface area contributed by atoms with E-state index in [2.05, 4.69) is 14.8 Å². The van der Waals surface area contributed by atoms with Crippen LogP contribution in [0.1, 0.15) is 0 Å². The Morgan fingerprint density at radius 2 is 2.33 bits per heavy atom. The number of nitrogens with zero attached hydrogens (tertiary/aromatic N) is 3. The molecule has 0 saturated heterocycles. The zero-order valence-electron chi connectivity index (χ0n) is 7.93. The van der Waals surface area contributed by atoms with Gasteiger partial charge in [0.2, 0.25) is 0 Å². The molecule has 2 aromatic heterocycles. The fraction of sp³-hybridized carbons (Fsp3) is 0.286. The van der Waals surface area contributed by atoms with Crippen molar-refractivity contribution in [3.05, 3.63) is 27.2 Å². The first-order valence-electron chi connectivity index (χ1n) is 4.11. The molecule has 0 saturated carbocycles. The summed E-state index contributed by atoms with van der Waals surface area (Å²) in [5.41, 5.74) is -0.478. The van der Waals surface area contributed by atoms with Gasteiger partial charge in [0.05, 0.1) is 6.33 Å². The van der Waals surface area contributed by atoms with Gasteiger partial charge in [0.25, 0.3) is 5.56 Å². The van der Waals surface area contributed by atoms with Gasteiger partial charge < -0.3 is 4.98 Å². The normalized spacial score (nSPS) is 11.1. The predicted molar refractivity (Wildman–Crippen MR) is 50.9 cm³/mol. The SMILES string of the molecule is Cn1c(=O)n(CON)c(=O)c2[nH]cnc21. The molecule has 0 unspecified atom stereocenters. The first-order chi connectivity index (χ1) is 7.16. The quantitative estimate of drug-likeness (QED) is 0.574. The van der Waals surface area contributed by atoms with E-state index in [1.165, 1.54) is 17.9 Å². The molecule has 2 heterocycles. The summed E-state index contributed by atoms with van der Waals surface area (Å²) in [5, 5.41) is 0. The summed E-state index contributed by atoms with van der Waals surface area (Å²) in [5.74, 6) is 4.83. The molecule has 0 amide bonds. The molecule has 80 valence electrons. The summed E-state index contributed by atoms with van der Waals surface area (Å²) in [6.07, 6.45) is 1.35. The van der Waals surface area contributed by atoms with Crippen molar-refractivity contribution in [3.8, 4) is 0 Å². The van der Waals surface area contributed by atoms with Crippen molar-refractivity contribution >= 4 is 11.2 Å². The highest BCUT2D eigenvalue weighted by atomic mass is 16.6. The van der Waals surface area contributed by atoms with Gasteiger partial charge in [-0.15, -0.1) is 0 Å². The molecule has 3 N–H and O–H groups in total. The highest BCUT2D eigenvalue weighted by Gasteiger charge is 2.11. The van der Waals surface area contributed by atoms with E-state index >= 15 is 0 Å². The van der Waals surface area contributed by atoms with Gasteiger partial charge in [-0.3, -0.25) is 14.2 Å². The summed E-state index contributed by atoms with van der Waals surface area (Å²) < 4.78 is 2.12. The molecule has 0 radical (unpaired) electrons. The Balaban J connectivity index is 2.93. The third-order valence-electron chi connectivity index (χ3n) is 2.12. The van der Waals surface area contributed by atoms with Crippen LogP contribution in [0.4, 0.5) is 0 Å². The number of hydrogen-bond acceptors (Lipinski definition) is 5. The molecule has 0 aromatic carbocycles. The van der Waals surface area contributed by atoms with E-state index in [1.807, 2.05) is 0 Å². The van der Waals surface area contributed by atoms with E-state index in [9.17, 15) is 9.59 Å². The second-order valence-electron chi connectivity index (χ2n) is 2.97. The first-order valence-corrected chi connectivity index (χ1v) is 4.11. The topological polar surface area (TPSA) is 108 Å². The van der Waals surface area contributed by atoms with Crippen LogP contribution in [0, 0.1) is 0 Å². The Kier molecular flexibility index (Phi) is 2.14. The van der Waals surface area contributed by atoms with E-state index in [0.29, 0.717) is 5.65 Å².